The monoisotopic (exact) mass is 252 g/mol. The number of carbonyl (C=O) groups excluding carboxylic acids is 2. The van der Waals surface area contributed by atoms with Crippen LogP contribution in [-0.2, 0) is 19.1 Å². The Balaban J connectivity index is 2.11. The van der Waals surface area contributed by atoms with E-state index in [1.165, 1.54) is 12.8 Å². The predicted octanol–water partition coefficient (Wildman–Crippen LogP) is 2.02. The topological polar surface area (TPSA) is 52.6 Å². The van der Waals surface area contributed by atoms with E-state index in [9.17, 15) is 9.59 Å². The fourth-order valence-corrected chi connectivity index (χ4v) is 2.46. The summed E-state index contributed by atoms with van der Waals surface area (Å²) in [5.74, 6) is 0.316. The van der Waals surface area contributed by atoms with E-state index in [-0.39, 0.29) is 18.5 Å². The lowest BCUT2D eigenvalue weighted by Crippen LogP contribution is -2.25. The van der Waals surface area contributed by atoms with Crippen molar-refractivity contribution in [1.82, 2.24) is 0 Å². The zero-order chi connectivity index (χ0) is 13.0. The van der Waals surface area contributed by atoms with Crippen molar-refractivity contribution in [2.24, 2.45) is 5.92 Å². The number of esters is 1. The number of rotatable bonds is 5. The summed E-state index contributed by atoms with van der Waals surface area (Å²) >= 11 is 0. The Morgan fingerprint density at radius 1 is 1.50 bits per heavy atom. The Morgan fingerprint density at radius 2 is 2.28 bits per heavy atom. The molecule has 4 heteroatoms. The summed E-state index contributed by atoms with van der Waals surface area (Å²) in [5.41, 5.74) is 1.62. The Labute approximate surface area is 107 Å². The quantitative estimate of drug-likeness (QED) is 0.427. The van der Waals surface area contributed by atoms with Crippen molar-refractivity contribution >= 4 is 12.3 Å². The van der Waals surface area contributed by atoms with E-state index in [4.69, 9.17) is 9.47 Å². The van der Waals surface area contributed by atoms with E-state index in [1.807, 2.05) is 0 Å². The standard InChI is InChI=1S/C14H20O4/c1-2-17-14(16)12(5-7-15)11-6-8-18-13(9-11)10-3-4-10/h7,10,13H,2-6,8-9H2,1H3/b12-11+/t13-/m1/s1. The molecule has 1 saturated heterocycles. The van der Waals surface area contributed by atoms with Crippen LogP contribution in [0.25, 0.3) is 0 Å². The highest BCUT2D eigenvalue weighted by atomic mass is 16.5. The van der Waals surface area contributed by atoms with Crippen LogP contribution >= 0.6 is 0 Å². The summed E-state index contributed by atoms with van der Waals surface area (Å²) in [6.07, 6.45) is 5.15. The Kier molecular flexibility index (Phi) is 4.53. The third-order valence-corrected chi connectivity index (χ3v) is 3.57. The molecule has 0 amide bonds. The highest BCUT2D eigenvalue weighted by Crippen LogP contribution is 2.40. The molecule has 1 aliphatic heterocycles. The minimum Gasteiger partial charge on any atom is -0.463 e. The van der Waals surface area contributed by atoms with Gasteiger partial charge in [-0.15, -0.1) is 0 Å². The van der Waals surface area contributed by atoms with Crippen LogP contribution in [0.5, 0.6) is 0 Å². The van der Waals surface area contributed by atoms with Gasteiger partial charge in [-0.3, -0.25) is 0 Å². The fourth-order valence-electron chi connectivity index (χ4n) is 2.46. The normalized spacial score (nSPS) is 26.6. The van der Waals surface area contributed by atoms with Crippen molar-refractivity contribution in [3.05, 3.63) is 11.1 Å². The van der Waals surface area contributed by atoms with Crippen LogP contribution < -0.4 is 0 Å². The zero-order valence-corrected chi connectivity index (χ0v) is 10.8. The molecule has 0 aromatic heterocycles. The lowest BCUT2D eigenvalue weighted by Gasteiger charge is -2.26. The first kappa shape index (κ1) is 13.3. The molecule has 1 atom stereocenters. The van der Waals surface area contributed by atoms with Crippen molar-refractivity contribution in [1.29, 1.82) is 0 Å². The molecule has 0 N–H and O–H groups in total. The minimum atomic E-state index is -0.337. The Hall–Kier alpha value is -1.16. The molecule has 0 bridgehead atoms. The maximum absolute atomic E-state index is 11.8. The number of hydrogen-bond acceptors (Lipinski definition) is 4. The van der Waals surface area contributed by atoms with Crippen LogP contribution in [0.3, 0.4) is 0 Å². The second-order valence-corrected chi connectivity index (χ2v) is 4.87. The molecule has 0 aromatic carbocycles. The average molecular weight is 252 g/mol. The fraction of sp³-hybridized carbons (Fsp3) is 0.714. The molecule has 2 aliphatic rings. The van der Waals surface area contributed by atoms with Gasteiger partial charge in [0.1, 0.15) is 6.29 Å². The molecule has 0 spiro atoms. The first-order valence-electron chi connectivity index (χ1n) is 6.69. The molecule has 0 radical (unpaired) electrons. The lowest BCUT2D eigenvalue weighted by molar-refractivity contribution is -0.139. The molecule has 1 aliphatic carbocycles. The smallest absolute Gasteiger partial charge is 0.334 e. The summed E-state index contributed by atoms with van der Waals surface area (Å²) in [6, 6.07) is 0. The van der Waals surface area contributed by atoms with Crippen molar-refractivity contribution in [3.8, 4) is 0 Å². The van der Waals surface area contributed by atoms with Gasteiger partial charge in [0.05, 0.1) is 19.3 Å². The van der Waals surface area contributed by atoms with Crippen LogP contribution in [0.1, 0.15) is 39.0 Å². The first-order valence-corrected chi connectivity index (χ1v) is 6.69. The molecule has 18 heavy (non-hydrogen) atoms. The van der Waals surface area contributed by atoms with Gasteiger partial charge >= 0.3 is 5.97 Å². The van der Waals surface area contributed by atoms with E-state index in [0.717, 1.165) is 24.7 Å². The second-order valence-electron chi connectivity index (χ2n) is 4.87. The van der Waals surface area contributed by atoms with E-state index < -0.39 is 0 Å². The van der Waals surface area contributed by atoms with Gasteiger partial charge in [0.15, 0.2) is 0 Å². The van der Waals surface area contributed by atoms with Gasteiger partial charge in [-0.25, -0.2) is 4.79 Å². The van der Waals surface area contributed by atoms with Crippen LogP contribution in [0, 0.1) is 5.92 Å². The first-order chi connectivity index (χ1) is 8.76. The third-order valence-electron chi connectivity index (χ3n) is 3.57. The summed E-state index contributed by atoms with van der Waals surface area (Å²) in [4.78, 5) is 22.6. The zero-order valence-electron chi connectivity index (χ0n) is 10.8. The van der Waals surface area contributed by atoms with Crippen molar-refractivity contribution in [3.63, 3.8) is 0 Å². The van der Waals surface area contributed by atoms with Crippen molar-refractivity contribution in [2.45, 2.75) is 45.1 Å². The maximum Gasteiger partial charge on any atom is 0.334 e. The van der Waals surface area contributed by atoms with E-state index in [1.54, 1.807) is 6.92 Å². The summed E-state index contributed by atoms with van der Waals surface area (Å²) in [6.45, 7) is 2.77. The van der Waals surface area contributed by atoms with Crippen LogP contribution in [0.15, 0.2) is 11.1 Å². The van der Waals surface area contributed by atoms with Gasteiger partial charge in [0.25, 0.3) is 0 Å². The third kappa shape index (κ3) is 3.19. The van der Waals surface area contributed by atoms with Crippen LogP contribution in [0.2, 0.25) is 0 Å². The highest BCUT2D eigenvalue weighted by Gasteiger charge is 2.35. The van der Waals surface area contributed by atoms with Gasteiger partial charge in [0.2, 0.25) is 0 Å². The Morgan fingerprint density at radius 3 is 2.89 bits per heavy atom. The Bertz CT molecular complexity index is 355. The number of hydrogen-bond donors (Lipinski definition) is 0. The summed E-state index contributed by atoms with van der Waals surface area (Å²) in [7, 11) is 0. The van der Waals surface area contributed by atoms with Crippen molar-refractivity contribution < 1.29 is 19.1 Å². The maximum atomic E-state index is 11.8. The molecular weight excluding hydrogens is 232 g/mol. The summed E-state index contributed by atoms with van der Waals surface area (Å²) < 4.78 is 10.8. The van der Waals surface area contributed by atoms with Crippen LogP contribution in [-0.4, -0.2) is 31.6 Å². The molecule has 2 rings (SSSR count). The lowest BCUT2D eigenvalue weighted by atomic mass is 9.93. The van der Waals surface area contributed by atoms with Gasteiger partial charge in [0, 0.05) is 12.0 Å². The van der Waals surface area contributed by atoms with Gasteiger partial charge in [-0.1, -0.05) is 5.57 Å². The number of carbonyl (C=O) groups is 2. The van der Waals surface area contributed by atoms with E-state index >= 15 is 0 Å². The predicted molar refractivity (Wildman–Crippen MR) is 66.0 cm³/mol. The van der Waals surface area contributed by atoms with Gasteiger partial charge < -0.3 is 14.3 Å². The molecule has 1 heterocycles. The molecule has 0 aromatic rings. The SMILES string of the molecule is CCOC(=O)/C(CC=O)=C1\CCO[C@@H](C2CC2)C1. The van der Waals surface area contributed by atoms with Gasteiger partial charge in [-0.2, -0.15) is 0 Å². The average Bonchev–Trinajstić information content (AvgIpc) is 3.20. The molecule has 2 fully saturated rings. The molecule has 1 saturated carbocycles. The summed E-state index contributed by atoms with van der Waals surface area (Å²) in [5, 5.41) is 0. The molecule has 0 unspecified atom stereocenters. The molecule has 4 nitrogen and oxygen atoms in total. The van der Waals surface area contributed by atoms with E-state index in [2.05, 4.69) is 0 Å². The number of aldehydes is 1. The number of ether oxygens (including phenoxy) is 2. The molecule has 100 valence electrons. The van der Waals surface area contributed by atoms with E-state index in [0.29, 0.717) is 24.7 Å². The minimum absolute atomic E-state index is 0.158. The van der Waals surface area contributed by atoms with Crippen LogP contribution in [0.4, 0.5) is 0 Å². The largest absolute Gasteiger partial charge is 0.463 e. The van der Waals surface area contributed by atoms with Crippen molar-refractivity contribution in [2.75, 3.05) is 13.2 Å². The second kappa shape index (κ2) is 6.14. The molecular formula is C14H20O4. The highest BCUT2D eigenvalue weighted by molar-refractivity contribution is 5.92. The van der Waals surface area contributed by atoms with Gasteiger partial charge in [-0.05, 0) is 38.5 Å².